The molecule has 0 radical (unpaired) electrons. The minimum absolute atomic E-state index is 0.120. The Hall–Kier alpha value is -3.42. The van der Waals surface area contributed by atoms with Crippen molar-refractivity contribution in [2.45, 2.75) is 19.0 Å². The Morgan fingerprint density at radius 1 is 1.00 bits per heavy atom. The smallest absolute Gasteiger partial charge is 0.244 e. The lowest BCUT2D eigenvalue weighted by atomic mass is 9.99. The SMILES string of the molecule is CN(Cc1ccccc1-c1ccccc1)C1CCN(c2ccc(C#N)cc2)C1=O. The van der Waals surface area contributed by atoms with E-state index < -0.39 is 0 Å². The van der Waals surface area contributed by atoms with Crippen molar-refractivity contribution in [3.8, 4) is 17.2 Å². The standard InChI is InChI=1S/C25H23N3O/c1-27(18-21-9-5-6-10-23(21)20-7-3-2-4-8-20)24-15-16-28(25(24)29)22-13-11-19(17-26)12-14-22/h2-14,24H,15-16,18H2,1H3. The van der Waals surface area contributed by atoms with E-state index in [0.717, 1.165) is 12.1 Å². The van der Waals surface area contributed by atoms with Crippen molar-refractivity contribution in [1.29, 1.82) is 5.26 Å². The van der Waals surface area contributed by atoms with E-state index in [-0.39, 0.29) is 11.9 Å². The molecule has 0 N–H and O–H groups in total. The first-order valence-electron chi connectivity index (χ1n) is 9.82. The summed E-state index contributed by atoms with van der Waals surface area (Å²) in [5.74, 6) is 0.120. The van der Waals surface area contributed by atoms with Crippen molar-refractivity contribution in [1.82, 2.24) is 4.90 Å². The predicted molar refractivity (Wildman–Crippen MR) is 115 cm³/mol. The molecular formula is C25H23N3O. The van der Waals surface area contributed by atoms with Crippen LogP contribution in [0.25, 0.3) is 11.1 Å². The Kier molecular flexibility index (Phi) is 5.41. The van der Waals surface area contributed by atoms with Crippen LogP contribution in [0.4, 0.5) is 5.69 Å². The van der Waals surface area contributed by atoms with Gasteiger partial charge in [-0.1, -0.05) is 54.6 Å². The fraction of sp³-hybridized carbons (Fsp3) is 0.200. The number of benzene rings is 3. The molecule has 1 unspecified atom stereocenters. The molecule has 1 saturated heterocycles. The molecule has 1 aliphatic rings. The fourth-order valence-corrected chi connectivity index (χ4v) is 3.98. The minimum Gasteiger partial charge on any atom is -0.311 e. The largest absolute Gasteiger partial charge is 0.311 e. The third-order valence-electron chi connectivity index (χ3n) is 5.54. The van der Waals surface area contributed by atoms with Crippen molar-refractivity contribution in [3.63, 3.8) is 0 Å². The Labute approximate surface area is 171 Å². The van der Waals surface area contributed by atoms with Crippen molar-refractivity contribution in [2.75, 3.05) is 18.5 Å². The fourth-order valence-electron chi connectivity index (χ4n) is 3.98. The van der Waals surface area contributed by atoms with E-state index >= 15 is 0 Å². The van der Waals surface area contributed by atoms with Crippen molar-refractivity contribution in [2.24, 2.45) is 0 Å². The van der Waals surface area contributed by atoms with Crippen LogP contribution in [-0.4, -0.2) is 30.4 Å². The molecule has 1 aliphatic heterocycles. The third-order valence-corrected chi connectivity index (χ3v) is 5.54. The summed E-state index contributed by atoms with van der Waals surface area (Å²) < 4.78 is 0. The molecule has 1 atom stereocenters. The Morgan fingerprint density at radius 2 is 1.69 bits per heavy atom. The highest BCUT2D eigenvalue weighted by atomic mass is 16.2. The molecule has 1 fully saturated rings. The van der Waals surface area contributed by atoms with E-state index in [4.69, 9.17) is 5.26 Å². The molecule has 0 aliphatic carbocycles. The number of hydrogen-bond acceptors (Lipinski definition) is 3. The van der Waals surface area contributed by atoms with E-state index in [1.165, 1.54) is 16.7 Å². The average Bonchev–Trinajstić information content (AvgIpc) is 3.16. The number of nitriles is 1. The molecule has 0 bridgehead atoms. The Morgan fingerprint density at radius 3 is 2.41 bits per heavy atom. The van der Waals surface area contributed by atoms with Gasteiger partial charge in [-0.25, -0.2) is 0 Å². The molecule has 29 heavy (non-hydrogen) atoms. The van der Waals surface area contributed by atoms with Crippen LogP contribution in [0.15, 0.2) is 78.9 Å². The summed E-state index contributed by atoms with van der Waals surface area (Å²) in [6.07, 6.45) is 0.794. The molecule has 0 spiro atoms. The summed E-state index contributed by atoms with van der Waals surface area (Å²) >= 11 is 0. The number of carbonyl (C=O) groups is 1. The topological polar surface area (TPSA) is 47.3 Å². The van der Waals surface area contributed by atoms with Crippen molar-refractivity contribution >= 4 is 11.6 Å². The van der Waals surface area contributed by atoms with Gasteiger partial charge in [-0.05, 0) is 54.4 Å². The average molecular weight is 381 g/mol. The first kappa shape index (κ1) is 18.9. The van der Waals surface area contributed by atoms with E-state index in [2.05, 4.69) is 47.4 Å². The molecule has 4 nitrogen and oxygen atoms in total. The molecule has 4 heteroatoms. The van der Waals surface area contributed by atoms with Crippen LogP contribution in [0.3, 0.4) is 0 Å². The van der Waals surface area contributed by atoms with Gasteiger partial charge in [0.1, 0.15) is 0 Å². The minimum atomic E-state index is -0.144. The number of carbonyl (C=O) groups excluding carboxylic acids is 1. The highest BCUT2D eigenvalue weighted by molar-refractivity contribution is 5.99. The zero-order valence-electron chi connectivity index (χ0n) is 16.5. The normalized spacial score (nSPS) is 16.2. The van der Waals surface area contributed by atoms with Crippen LogP contribution in [0, 0.1) is 11.3 Å². The number of anilines is 1. The summed E-state index contributed by atoms with van der Waals surface area (Å²) in [7, 11) is 2.02. The van der Waals surface area contributed by atoms with Crippen LogP contribution in [-0.2, 0) is 11.3 Å². The summed E-state index contributed by atoms with van der Waals surface area (Å²) in [6.45, 7) is 1.41. The molecule has 3 aromatic carbocycles. The van der Waals surface area contributed by atoms with Crippen LogP contribution >= 0.6 is 0 Å². The van der Waals surface area contributed by atoms with Gasteiger partial charge in [0.2, 0.25) is 5.91 Å². The van der Waals surface area contributed by atoms with Crippen LogP contribution in [0.5, 0.6) is 0 Å². The van der Waals surface area contributed by atoms with Gasteiger partial charge >= 0.3 is 0 Å². The highest BCUT2D eigenvalue weighted by Gasteiger charge is 2.35. The van der Waals surface area contributed by atoms with Crippen LogP contribution < -0.4 is 4.90 Å². The zero-order chi connectivity index (χ0) is 20.2. The van der Waals surface area contributed by atoms with E-state index in [1.807, 2.05) is 42.3 Å². The first-order valence-corrected chi connectivity index (χ1v) is 9.82. The zero-order valence-corrected chi connectivity index (χ0v) is 16.5. The van der Waals surface area contributed by atoms with Gasteiger partial charge in [0.25, 0.3) is 0 Å². The van der Waals surface area contributed by atoms with Crippen LogP contribution in [0.1, 0.15) is 17.5 Å². The number of amides is 1. The summed E-state index contributed by atoms with van der Waals surface area (Å²) in [5, 5.41) is 8.97. The quantitative estimate of drug-likeness (QED) is 0.655. The van der Waals surface area contributed by atoms with Crippen molar-refractivity contribution in [3.05, 3.63) is 90.0 Å². The van der Waals surface area contributed by atoms with Crippen LogP contribution in [0.2, 0.25) is 0 Å². The van der Waals surface area contributed by atoms with Gasteiger partial charge in [-0.15, -0.1) is 0 Å². The van der Waals surface area contributed by atoms with Crippen molar-refractivity contribution < 1.29 is 4.79 Å². The number of rotatable bonds is 5. The lowest BCUT2D eigenvalue weighted by Gasteiger charge is -2.25. The summed E-state index contributed by atoms with van der Waals surface area (Å²) in [5.41, 5.74) is 5.06. The third kappa shape index (κ3) is 3.91. The molecule has 0 saturated carbocycles. The van der Waals surface area contributed by atoms with Gasteiger partial charge < -0.3 is 4.90 Å². The van der Waals surface area contributed by atoms with Gasteiger partial charge in [-0.2, -0.15) is 5.26 Å². The maximum atomic E-state index is 13.1. The molecule has 4 rings (SSSR count). The predicted octanol–water partition coefficient (Wildman–Crippen LogP) is 4.46. The maximum absolute atomic E-state index is 13.1. The molecule has 3 aromatic rings. The lowest BCUT2D eigenvalue weighted by Crippen LogP contribution is -2.39. The molecule has 1 heterocycles. The summed E-state index contributed by atoms with van der Waals surface area (Å²) in [6, 6.07) is 27.9. The lowest BCUT2D eigenvalue weighted by molar-refractivity contribution is -0.121. The molecular weight excluding hydrogens is 358 g/mol. The van der Waals surface area contributed by atoms with Gasteiger partial charge in [0, 0.05) is 18.8 Å². The van der Waals surface area contributed by atoms with Gasteiger partial charge in [-0.3, -0.25) is 9.69 Å². The monoisotopic (exact) mass is 381 g/mol. The first-order chi connectivity index (χ1) is 14.2. The van der Waals surface area contributed by atoms with E-state index in [9.17, 15) is 4.79 Å². The van der Waals surface area contributed by atoms with Gasteiger partial charge in [0.05, 0.1) is 17.7 Å². The molecule has 144 valence electrons. The maximum Gasteiger partial charge on any atom is 0.244 e. The second-order valence-corrected chi connectivity index (χ2v) is 7.39. The second kappa shape index (κ2) is 8.30. The molecule has 0 aromatic heterocycles. The number of nitrogens with zero attached hydrogens (tertiary/aromatic N) is 3. The number of likely N-dealkylation sites (N-methyl/N-ethyl adjacent to an activating group) is 1. The number of hydrogen-bond donors (Lipinski definition) is 0. The van der Waals surface area contributed by atoms with E-state index in [1.54, 1.807) is 12.1 Å². The summed E-state index contributed by atoms with van der Waals surface area (Å²) in [4.78, 5) is 17.0. The second-order valence-electron chi connectivity index (χ2n) is 7.39. The molecule has 1 amide bonds. The Bertz CT molecular complexity index is 1040. The van der Waals surface area contributed by atoms with Gasteiger partial charge in [0.15, 0.2) is 0 Å². The Balaban J connectivity index is 1.51. The highest BCUT2D eigenvalue weighted by Crippen LogP contribution is 2.28. The van der Waals surface area contributed by atoms with E-state index in [0.29, 0.717) is 18.7 Å².